The number of nitrogens with zero attached hydrogens (tertiary/aromatic N) is 3. The molecule has 3 rings (SSSR count). The number of aliphatic hydroxyl groups is 1. The molecule has 0 spiro atoms. The molecule has 1 N–H and O–H groups in total. The lowest BCUT2D eigenvalue weighted by Crippen LogP contribution is -2.07. The van der Waals surface area contributed by atoms with Crippen LogP contribution in [0.15, 0.2) is 48.5 Å². The second-order valence-electron chi connectivity index (χ2n) is 5.23. The number of rotatable bonds is 4. The highest BCUT2D eigenvalue weighted by molar-refractivity contribution is 5.66. The molecule has 0 saturated heterocycles. The van der Waals surface area contributed by atoms with Crippen LogP contribution >= 0.6 is 0 Å². The van der Waals surface area contributed by atoms with E-state index in [0.29, 0.717) is 17.0 Å². The first kappa shape index (κ1) is 17.0. The monoisotopic (exact) mass is 349 g/mol. The zero-order chi connectivity index (χ0) is 18.0. The maximum absolute atomic E-state index is 13.0. The molecule has 0 radical (unpaired) electrons. The van der Waals surface area contributed by atoms with E-state index in [-0.39, 0.29) is 11.4 Å². The fourth-order valence-electron chi connectivity index (χ4n) is 2.47. The molecule has 1 aromatic heterocycles. The van der Waals surface area contributed by atoms with E-state index in [9.17, 15) is 18.3 Å². The van der Waals surface area contributed by atoms with Gasteiger partial charge in [-0.1, -0.05) is 23.4 Å². The van der Waals surface area contributed by atoms with Crippen molar-refractivity contribution >= 4 is 0 Å². The molecule has 0 aliphatic rings. The summed E-state index contributed by atoms with van der Waals surface area (Å²) in [6.45, 7) is -0.397. The summed E-state index contributed by atoms with van der Waals surface area (Å²) in [6.07, 6.45) is -4.47. The van der Waals surface area contributed by atoms with Crippen molar-refractivity contribution in [3.63, 3.8) is 0 Å². The van der Waals surface area contributed by atoms with E-state index in [4.69, 9.17) is 4.74 Å². The van der Waals surface area contributed by atoms with Gasteiger partial charge in [-0.2, -0.15) is 13.2 Å². The lowest BCUT2D eigenvalue weighted by molar-refractivity contribution is -0.137. The van der Waals surface area contributed by atoms with E-state index >= 15 is 0 Å². The van der Waals surface area contributed by atoms with E-state index in [1.165, 1.54) is 23.9 Å². The first-order chi connectivity index (χ1) is 11.9. The Kier molecular flexibility index (Phi) is 4.45. The third-order valence-electron chi connectivity index (χ3n) is 3.65. The van der Waals surface area contributed by atoms with Gasteiger partial charge in [-0.3, -0.25) is 0 Å². The SMILES string of the molecule is COc1cccc(-c2c(CO)nnn2-c2cccc(C(F)(F)F)c2)c1. The molecule has 1 heterocycles. The minimum Gasteiger partial charge on any atom is -0.497 e. The Balaban J connectivity index is 2.17. The third kappa shape index (κ3) is 3.34. The van der Waals surface area contributed by atoms with Gasteiger partial charge in [0.05, 0.1) is 25.0 Å². The van der Waals surface area contributed by atoms with Gasteiger partial charge in [0, 0.05) is 5.56 Å². The van der Waals surface area contributed by atoms with Crippen LogP contribution in [0.1, 0.15) is 11.3 Å². The molecule has 8 heteroatoms. The molecule has 0 bridgehead atoms. The molecule has 0 saturated carbocycles. The van der Waals surface area contributed by atoms with Crippen LogP contribution in [0.3, 0.4) is 0 Å². The largest absolute Gasteiger partial charge is 0.497 e. The highest BCUT2D eigenvalue weighted by Gasteiger charge is 2.31. The summed E-state index contributed by atoms with van der Waals surface area (Å²) in [6, 6.07) is 11.7. The van der Waals surface area contributed by atoms with Gasteiger partial charge in [0.25, 0.3) is 0 Å². The van der Waals surface area contributed by atoms with Gasteiger partial charge < -0.3 is 9.84 Å². The van der Waals surface area contributed by atoms with Crippen LogP contribution in [0.2, 0.25) is 0 Å². The number of hydrogen-bond donors (Lipinski definition) is 1. The van der Waals surface area contributed by atoms with Crippen LogP contribution in [0, 0.1) is 0 Å². The molecule has 0 atom stereocenters. The molecule has 130 valence electrons. The molecule has 0 aliphatic heterocycles. The average Bonchev–Trinajstić information content (AvgIpc) is 3.05. The zero-order valence-corrected chi connectivity index (χ0v) is 13.2. The molecule has 0 aliphatic carbocycles. The lowest BCUT2D eigenvalue weighted by atomic mass is 10.1. The summed E-state index contributed by atoms with van der Waals surface area (Å²) >= 11 is 0. The number of benzene rings is 2. The summed E-state index contributed by atoms with van der Waals surface area (Å²) in [5, 5.41) is 17.3. The summed E-state index contributed by atoms with van der Waals surface area (Å²) in [5.41, 5.74) is 0.680. The summed E-state index contributed by atoms with van der Waals surface area (Å²) in [5.74, 6) is 0.568. The summed E-state index contributed by atoms with van der Waals surface area (Å²) in [4.78, 5) is 0. The maximum atomic E-state index is 13.0. The van der Waals surface area contributed by atoms with Crippen molar-refractivity contribution in [3.05, 3.63) is 59.8 Å². The molecule has 0 amide bonds. The Labute approximate surface area is 141 Å². The Morgan fingerprint density at radius 2 is 1.88 bits per heavy atom. The van der Waals surface area contributed by atoms with Crippen LogP contribution in [-0.4, -0.2) is 27.2 Å². The summed E-state index contributed by atoms with van der Waals surface area (Å²) in [7, 11) is 1.51. The van der Waals surface area contributed by atoms with Gasteiger partial charge in [-0.25, -0.2) is 4.68 Å². The normalized spacial score (nSPS) is 11.6. The minimum atomic E-state index is -4.47. The van der Waals surface area contributed by atoms with Gasteiger partial charge >= 0.3 is 6.18 Å². The molecule has 3 aromatic rings. The van der Waals surface area contributed by atoms with Gasteiger partial charge in [-0.15, -0.1) is 5.10 Å². The number of ether oxygens (including phenoxy) is 1. The minimum absolute atomic E-state index is 0.194. The van der Waals surface area contributed by atoms with Crippen LogP contribution in [0.25, 0.3) is 16.9 Å². The third-order valence-corrected chi connectivity index (χ3v) is 3.65. The van der Waals surface area contributed by atoms with Crippen molar-refractivity contribution in [2.45, 2.75) is 12.8 Å². The number of hydrogen-bond acceptors (Lipinski definition) is 4. The molecule has 5 nitrogen and oxygen atoms in total. The van der Waals surface area contributed by atoms with Crippen LogP contribution < -0.4 is 4.74 Å². The molecule has 25 heavy (non-hydrogen) atoms. The maximum Gasteiger partial charge on any atom is 0.416 e. The van der Waals surface area contributed by atoms with Crippen molar-refractivity contribution in [1.82, 2.24) is 15.0 Å². The predicted octanol–water partition coefficient (Wildman–Crippen LogP) is 3.45. The van der Waals surface area contributed by atoms with Crippen molar-refractivity contribution in [1.29, 1.82) is 0 Å². The number of aliphatic hydroxyl groups excluding tert-OH is 1. The molecule has 0 unspecified atom stereocenters. The number of methoxy groups -OCH3 is 1. The van der Waals surface area contributed by atoms with E-state index < -0.39 is 18.3 Å². The highest BCUT2D eigenvalue weighted by atomic mass is 19.4. The smallest absolute Gasteiger partial charge is 0.416 e. The second kappa shape index (κ2) is 6.56. The lowest BCUT2D eigenvalue weighted by Gasteiger charge is -2.11. The second-order valence-corrected chi connectivity index (χ2v) is 5.23. The molecular formula is C17H14F3N3O2. The van der Waals surface area contributed by atoms with Gasteiger partial charge in [0.1, 0.15) is 17.1 Å². The number of alkyl halides is 3. The quantitative estimate of drug-likeness (QED) is 0.784. The Bertz CT molecular complexity index is 891. The number of aromatic nitrogens is 3. The topological polar surface area (TPSA) is 60.2 Å². The van der Waals surface area contributed by atoms with Gasteiger partial charge in [0.2, 0.25) is 0 Å². The molecular weight excluding hydrogens is 335 g/mol. The fraction of sp³-hybridized carbons (Fsp3) is 0.176. The van der Waals surface area contributed by atoms with E-state index in [2.05, 4.69) is 10.3 Å². The molecule has 2 aromatic carbocycles. The average molecular weight is 349 g/mol. The standard InChI is InChI=1S/C17H14F3N3O2/c1-25-14-7-2-4-11(8-14)16-15(10-24)21-22-23(16)13-6-3-5-12(9-13)17(18,19)20/h2-9,24H,10H2,1H3. The van der Waals surface area contributed by atoms with Crippen molar-refractivity contribution in [2.24, 2.45) is 0 Å². The van der Waals surface area contributed by atoms with E-state index in [1.807, 2.05) is 0 Å². The summed E-state index contributed by atoms with van der Waals surface area (Å²) < 4.78 is 45.4. The van der Waals surface area contributed by atoms with Crippen LogP contribution in [0.4, 0.5) is 13.2 Å². The highest BCUT2D eigenvalue weighted by Crippen LogP contribution is 2.32. The van der Waals surface area contributed by atoms with Gasteiger partial charge in [-0.05, 0) is 30.3 Å². The Hall–Kier alpha value is -2.87. The van der Waals surface area contributed by atoms with E-state index in [1.54, 1.807) is 24.3 Å². The first-order valence-electron chi connectivity index (χ1n) is 7.31. The Morgan fingerprint density at radius 3 is 2.56 bits per heavy atom. The van der Waals surface area contributed by atoms with Crippen LogP contribution in [0.5, 0.6) is 5.75 Å². The van der Waals surface area contributed by atoms with Gasteiger partial charge in [0.15, 0.2) is 0 Å². The van der Waals surface area contributed by atoms with Crippen LogP contribution in [-0.2, 0) is 12.8 Å². The van der Waals surface area contributed by atoms with Crippen molar-refractivity contribution in [2.75, 3.05) is 7.11 Å². The van der Waals surface area contributed by atoms with Crippen molar-refractivity contribution in [3.8, 4) is 22.7 Å². The van der Waals surface area contributed by atoms with Crippen molar-refractivity contribution < 1.29 is 23.0 Å². The number of halogens is 3. The fourth-order valence-corrected chi connectivity index (χ4v) is 2.47. The Morgan fingerprint density at radius 1 is 1.12 bits per heavy atom. The zero-order valence-electron chi connectivity index (χ0n) is 13.2. The first-order valence-corrected chi connectivity index (χ1v) is 7.31. The molecule has 0 fully saturated rings. The predicted molar refractivity (Wildman–Crippen MR) is 84.3 cm³/mol. The van der Waals surface area contributed by atoms with E-state index in [0.717, 1.165) is 12.1 Å².